The lowest BCUT2D eigenvalue weighted by molar-refractivity contribution is -0.124. The number of nitrogens with one attached hydrogen (secondary N) is 1. The normalized spacial score (nSPS) is 10.1. The molecule has 0 aliphatic carbocycles. The van der Waals surface area contributed by atoms with Crippen molar-refractivity contribution in [1.29, 1.82) is 0 Å². The quantitative estimate of drug-likeness (QED) is 0.816. The van der Waals surface area contributed by atoms with E-state index in [1.54, 1.807) is 0 Å². The van der Waals surface area contributed by atoms with Crippen LogP contribution in [-0.4, -0.2) is 23.4 Å². The van der Waals surface area contributed by atoms with Crippen LogP contribution in [0.5, 0.6) is 0 Å². The summed E-state index contributed by atoms with van der Waals surface area (Å²) >= 11 is 17.1. The van der Waals surface area contributed by atoms with Crippen LogP contribution in [-0.2, 0) is 9.63 Å². The number of hydroxylamine groups is 1. The molecule has 0 bridgehead atoms. The molecule has 0 aliphatic rings. The molecule has 1 rings (SSSR count). The van der Waals surface area contributed by atoms with Crippen LogP contribution in [0.15, 0.2) is 6.20 Å². The van der Waals surface area contributed by atoms with Gasteiger partial charge in [-0.25, -0.2) is 10.5 Å². The van der Waals surface area contributed by atoms with Gasteiger partial charge < -0.3 is 5.73 Å². The minimum absolute atomic E-state index is 0.00313. The third kappa shape index (κ3) is 3.71. The van der Waals surface area contributed by atoms with E-state index in [1.807, 2.05) is 5.48 Å². The smallest absolute Gasteiger partial charge is 0.295 e. The van der Waals surface area contributed by atoms with Crippen LogP contribution in [0.3, 0.4) is 0 Å². The van der Waals surface area contributed by atoms with E-state index in [1.165, 1.54) is 6.20 Å². The van der Waals surface area contributed by atoms with E-state index in [-0.39, 0.29) is 20.8 Å². The molecule has 17 heavy (non-hydrogen) atoms. The fourth-order valence-electron chi connectivity index (χ4n) is 0.823. The largest absolute Gasteiger partial charge is 0.368 e. The highest BCUT2D eigenvalue weighted by Crippen LogP contribution is 2.30. The summed E-state index contributed by atoms with van der Waals surface area (Å²) in [4.78, 5) is 30.0. The zero-order valence-electron chi connectivity index (χ0n) is 8.17. The Balaban J connectivity index is 2.76. The number of nitrogens with zero attached hydrogens (tertiary/aromatic N) is 1. The van der Waals surface area contributed by atoms with Crippen LogP contribution < -0.4 is 11.2 Å². The average Bonchev–Trinajstić information content (AvgIpc) is 2.25. The molecular weight excluding hydrogens is 292 g/mol. The number of halogens is 3. The maximum absolute atomic E-state index is 11.5. The average molecular weight is 299 g/mol. The molecule has 0 aromatic carbocycles. The Labute approximate surface area is 111 Å². The number of carbonyl (C=O) groups excluding carboxylic acids is 2. The third-order valence-corrected chi connectivity index (χ3v) is 2.75. The molecule has 0 aliphatic heterocycles. The van der Waals surface area contributed by atoms with Crippen molar-refractivity contribution in [2.75, 3.05) is 6.61 Å². The predicted molar refractivity (Wildman–Crippen MR) is 61.9 cm³/mol. The Hall–Kier alpha value is -1.08. The predicted octanol–water partition coefficient (Wildman–Crippen LogP) is 1.19. The van der Waals surface area contributed by atoms with Gasteiger partial charge in [-0.2, -0.15) is 0 Å². The van der Waals surface area contributed by atoms with Gasteiger partial charge >= 0.3 is 0 Å². The highest BCUT2D eigenvalue weighted by Gasteiger charge is 2.17. The second kappa shape index (κ2) is 6.02. The van der Waals surface area contributed by atoms with Crippen molar-refractivity contribution in [2.24, 2.45) is 5.73 Å². The number of hydrogen-bond donors (Lipinski definition) is 2. The Morgan fingerprint density at radius 1 is 1.35 bits per heavy atom. The number of nitrogens with two attached hydrogens (primary N) is 1. The highest BCUT2D eigenvalue weighted by atomic mass is 35.5. The standard InChI is InChI=1S/C8H6Cl3N3O3/c9-3-1-13-7(6(11)5(3)10)8(16)14-17-2-4(12)15/h1H,2H2,(H2,12,15)(H,14,16). The zero-order valence-corrected chi connectivity index (χ0v) is 10.4. The summed E-state index contributed by atoms with van der Waals surface area (Å²) < 4.78 is 0. The van der Waals surface area contributed by atoms with Gasteiger partial charge in [0, 0.05) is 6.20 Å². The van der Waals surface area contributed by atoms with Gasteiger partial charge in [-0.1, -0.05) is 34.8 Å². The van der Waals surface area contributed by atoms with Crippen molar-refractivity contribution in [1.82, 2.24) is 10.5 Å². The highest BCUT2D eigenvalue weighted by molar-refractivity contribution is 6.48. The molecule has 92 valence electrons. The number of pyridine rings is 1. The maximum Gasteiger partial charge on any atom is 0.295 e. The number of amides is 2. The molecule has 0 radical (unpaired) electrons. The fourth-order valence-corrected chi connectivity index (χ4v) is 1.39. The van der Waals surface area contributed by atoms with Gasteiger partial charge in [0.05, 0.1) is 15.1 Å². The second-order valence-corrected chi connectivity index (χ2v) is 3.93. The van der Waals surface area contributed by atoms with Crippen molar-refractivity contribution in [2.45, 2.75) is 0 Å². The molecule has 1 aromatic rings. The van der Waals surface area contributed by atoms with Gasteiger partial charge in [-0.05, 0) is 0 Å². The van der Waals surface area contributed by atoms with Gasteiger partial charge in [0.1, 0.15) is 0 Å². The molecular formula is C8H6Cl3N3O3. The molecule has 0 unspecified atom stereocenters. The fraction of sp³-hybridized carbons (Fsp3) is 0.125. The third-order valence-electron chi connectivity index (χ3n) is 1.51. The van der Waals surface area contributed by atoms with E-state index in [9.17, 15) is 9.59 Å². The summed E-state index contributed by atoms with van der Waals surface area (Å²) in [7, 11) is 0. The lowest BCUT2D eigenvalue weighted by Gasteiger charge is -2.06. The van der Waals surface area contributed by atoms with Crippen LogP contribution in [0, 0.1) is 0 Å². The zero-order chi connectivity index (χ0) is 13.0. The minimum Gasteiger partial charge on any atom is -0.368 e. The lowest BCUT2D eigenvalue weighted by atomic mass is 10.3. The van der Waals surface area contributed by atoms with Gasteiger partial charge in [0.15, 0.2) is 12.3 Å². The Kier molecular flexibility index (Phi) is 4.95. The number of carbonyl (C=O) groups is 2. The maximum atomic E-state index is 11.5. The van der Waals surface area contributed by atoms with Gasteiger partial charge in [0.25, 0.3) is 5.91 Å². The van der Waals surface area contributed by atoms with Crippen LogP contribution in [0.4, 0.5) is 0 Å². The van der Waals surface area contributed by atoms with E-state index in [2.05, 4.69) is 9.82 Å². The van der Waals surface area contributed by atoms with Crippen molar-refractivity contribution < 1.29 is 14.4 Å². The summed E-state index contributed by atoms with van der Waals surface area (Å²) in [5.74, 6) is -1.51. The molecule has 0 spiro atoms. The molecule has 1 aromatic heterocycles. The van der Waals surface area contributed by atoms with Gasteiger partial charge in [0.2, 0.25) is 5.91 Å². The first-order chi connectivity index (χ1) is 7.93. The first kappa shape index (κ1) is 14.0. The van der Waals surface area contributed by atoms with E-state index >= 15 is 0 Å². The summed E-state index contributed by atoms with van der Waals surface area (Å²) in [5, 5.41) is 0.00833. The van der Waals surface area contributed by atoms with Gasteiger partial charge in [-0.15, -0.1) is 0 Å². The number of hydrogen-bond acceptors (Lipinski definition) is 4. The summed E-state index contributed by atoms with van der Waals surface area (Å²) in [6.45, 7) is -0.468. The lowest BCUT2D eigenvalue weighted by Crippen LogP contribution is -2.30. The monoisotopic (exact) mass is 297 g/mol. The first-order valence-electron chi connectivity index (χ1n) is 4.13. The molecule has 0 saturated heterocycles. The molecule has 1 heterocycles. The molecule has 0 atom stereocenters. The van der Waals surface area contributed by atoms with Crippen molar-refractivity contribution >= 4 is 46.6 Å². The topological polar surface area (TPSA) is 94.3 Å². The first-order valence-corrected chi connectivity index (χ1v) is 5.26. The number of primary amides is 1. The number of rotatable bonds is 4. The SMILES string of the molecule is NC(=O)CONC(=O)c1ncc(Cl)c(Cl)c1Cl. The van der Waals surface area contributed by atoms with E-state index in [0.29, 0.717) is 0 Å². The molecule has 3 N–H and O–H groups in total. The van der Waals surface area contributed by atoms with E-state index in [0.717, 1.165) is 0 Å². The van der Waals surface area contributed by atoms with Crippen LogP contribution in [0.25, 0.3) is 0 Å². The van der Waals surface area contributed by atoms with Crippen molar-refractivity contribution in [3.8, 4) is 0 Å². The molecule has 6 nitrogen and oxygen atoms in total. The Morgan fingerprint density at radius 2 is 2.00 bits per heavy atom. The Morgan fingerprint density at radius 3 is 2.59 bits per heavy atom. The van der Waals surface area contributed by atoms with E-state index in [4.69, 9.17) is 40.5 Å². The Bertz CT molecular complexity index is 467. The second-order valence-electron chi connectivity index (χ2n) is 2.77. The molecule has 0 saturated carbocycles. The van der Waals surface area contributed by atoms with E-state index < -0.39 is 18.4 Å². The van der Waals surface area contributed by atoms with Crippen LogP contribution in [0.1, 0.15) is 10.5 Å². The van der Waals surface area contributed by atoms with Crippen LogP contribution >= 0.6 is 34.8 Å². The van der Waals surface area contributed by atoms with Crippen molar-refractivity contribution in [3.05, 3.63) is 27.0 Å². The number of aromatic nitrogens is 1. The minimum atomic E-state index is -0.769. The summed E-state index contributed by atoms with van der Waals surface area (Å²) in [6.07, 6.45) is 1.17. The van der Waals surface area contributed by atoms with Gasteiger partial charge in [-0.3, -0.25) is 14.4 Å². The summed E-state index contributed by atoms with van der Waals surface area (Å²) in [5.41, 5.74) is 6.55. The molecule has 0 fully saturated rings. The van der Waals surface area contributed by atoms with Crippen LogP contribution in [0.2, 0.25) is 15.1 Å². The van der Waals surface area contributed by atoms with Crippen molar-refractivity contribution in [3.63, 3.8) is 0 Å². The molecule has 2 amide bonds. The summed E-state index contributed by atoms with van der Waals surface area (Å²) in [6, 6.07) is 0. The molecule has 9 heteroatoms.